The van der Waals surface area contributed by atoms with Crippen LogP contribution in [-0.2, 0) is 6.54 Å². The van der Waals surface area contributed by atoms with Crippen molar-refractivity contribution in [1.29, 1.82) is 0 Å². The number of benzene rings is 1. The molecule has 1 aliphatic rings. The SMILES string of the molecule is COc1ccc(CN=C(N)NCC2(N(C)C)CCCC(C)C2)cc1OC. The molecule has 3 N–H and O–H groups in total. The van der Waals surface area contributed by atoms with E-state index in [0.717, 1.165) is 18.0 Å². The van der Waals surface area contributed by atoms with Gasteiger partial charge in [-0.1, -0.05) is 25.8 Å². The number of hydrogen-bond donors (Lipinski definition) is 2. The van der Waals surface area contributed by atoms with Gasteiger partial charge in [-0.2, -0.15) is 0 Å². The summed E-state index contributed by atoms with van der Waals surface area (Å²) in [6, 6.07) is 5.79. The highest BCUT2D eigenvalue weighted by molar-refractivity contribution is 5.77. The summed E-state index contributed by atoms with van der Waals surface area (Å²) < 4.78 is 10.6. The lowest BCUT2D eigenvalue weighted by Gasteiger charge is -2.45. The summed E-state index contributed by atoms with van der Waals surface area (Å²) in [5.41, 5.74) is 7.31. The fourth-order valence-electron chi connectivity index (χ4n) is 3.82. The smallest absolute Gasteiger partial charge is 0.188 e. The van der Waals surface area contributed by atoms with Crippen LogP contribution in [0, 0.1) is 5.92 Å². The second-order valence-corrected chi connectivity index (χ2v) is 7.56. The summed E-state index contributed by atoms with van der Waals surface area (Å²) in [5, 5.41) is 3.35. The number of nitrogens with one attached hydrogen (secondary N) is 1. The maximum Gasteiger partial charge on any atom is 0.188 e. The zero-order chi connectivity index (χ0) is 19.2. The van der Waals surface area contributed by atoms with Crippen LogP contribution in [-0.4, -0.2) is 51.3 Å². The van der Waals surface area contributed by atoms with Crippen molar-refractivity contribution in [2.45, 2.75) is 44.7 Å². The van der Waals surface area contributed by atoms with Gasteiger partial charge < -0.3 is 25.4 Å². The van der Waals surface area contributed by atoms with E-state index in [1.807, 2.05) is 18.2 Å². The lowest BCUT2D eigenvalue weighted by Crippen LogP contribution is -2.56. The molecule has 1 fully saturated rings. The molecule has 26 heavy (non-hydrogen) atoms. The van der Waals surface area contributed by atoms with Gasteiger partial charge in [0.2, 0.25) is 0 Å². The number of nitrogens with two attached hydrogens (primary N) is 1. The summed E-state index contributed by atoms with van der Waals surface area (Å²) >= 11 is 0. The van der Waals surface area contributed by atoms with E-state index in [2.05, 4.69) is 36.2 Å². The first-order valence-electron chi connectivity index (χ1n) is 9.32. The van der Waals surface area contributed by atoms with Gasteiger partial charge >= 0.3 is 0 Å². The van der Waals surface area contributed by atoms with Crippen LogP contribution in [0.3, 0.4) is 0 Å². The van der Waals surface area contributed by atoms with Crippen LogP contribution < -0.4 is 20.5 Å². The van der Waals surface area contributed by atoms with Crippen molar-refractivity contribution < 1.29 is 9.47 Å². The third-order valence-electron chi connectivity index (χ3n) is 5.49. The first kappa shape index (κ1) is 20.4. The first-order chi connectivity index (χ1) is 12.4. The number of methoxy groups -OCH3 is 2. The minimum absolute atomic E-state index is 0.154. The predicted octanol–water partition coefficient (Wildman–Crippen LogP) is 2.62. The van der Waals surface area contributed by atoms with E-state index in [1.54, 1.807) is 14.2 Å². The average Bonchev–Trinajstić information content (AvgIpc) is 2.64. The summed E-state index contributed by atoms with van der Waals surface area (Å²) in [5.74, 6) is 2.65. The number of rotatable bonds is 7. The Labute approximate surface area is 157 Å². The molecule has 2 atom stereocenters. The van der Waals surface area contributed by atoms with Crippen LogP contribution in [0.1, 0.15) is 38.2 Å². The van der Waals surface area contributed by atoms with Gasteiger partial charge in [0.1, 0.15) is 0 Å². The topological polar surface area (TPSA) is 72.1 Å². The molecule has 0 saturated heterocycles. The minimum atomic E-state index is 0.154. The van der Waals surface area contributed by atoms with Crippen molar-refractivity contribution >= 4 is 5.96 Å². The fourth-order valence-corrected chi connectivity index (χ4v) is 3.82. The van der Waals surface area contributed by atoms with E-state index >= 15 is 0 Å². The molecule has 1 aromatic carbocycles. The van der Waals surface area contributed by atoms with Crippen LogP contribution in [0.25, 0.3) is 0 Å². The highest BCUT2D eigenvalue weighted by atomic mass is 16.5. The Hall–Kier alpha value is -1.95. The van der Waals surface area contributed by atoms with Crippen LogP contribution in [0.15, 0.2) is 23.2 Å². The number of hydrogen-bond acceptors (Lipinski definition) is 4. The lowest BCUT2D eigenvalue weighted by atomic mass is 9.75. The van der Waals surface area contributed by atoms with Crippen molar-refractivity contribution in [2.75, 3.05) is 34.9 Å². The quantitative estimate of drug-likeness (QED) is 0.576. The monoisotopic (exact) mass is 362 g/mol. The van der Waals surface area contributed by atoms with Crippen molar-refractivity contribution in [3.63, 3.8) is 0 Å². The Balaban J connectivity index is 1.97. The largest absolute Gasteiger partial charge is 0.493 e. The van der Waals surface area contributed by atoms with Gasteiger partial charge in [0.05, 0.1) is 20.8 Å². The van der Waals surface area contributed by atoms with Gasteiger partial charge in [0, 0.05) is 12.1 Å². The van der Waals surface area contributed by atoms with E-state index in [-0.39, 0.29) is 5.54 Å². The Morgan fingerprint density at radius 3 is 2.65 bits per heavy atom. The molecule has 2 unspecified atom stereocenters. The molecule has 2 rings (SSSR count). The molecule has 6 nitrogen and oxygen atoms in total. The lowest BCUT2D eigenvalue weighted by molar-refractivity contribution is 0.0797. The van der Waals surface area contributed by atoms with Gasteiger partial charge in [0.25, 0.3) is 0 Å². The van der Waals surface area contributed by atoms with E-state index in [1.165, 1.54) is 25.7 Å². The minimum Gasteiger partial charge on any atom is -0.493 e. The highest BCUT2D eigenvalue weighted by Gasteiger charge is 2.36. The Kier molecular flexibility index (Phi) is 7.14. The maximum absolute atomic E-state index is 6.12. The van der Waals surface area contributed by atoms with Crippen molar-refractivity contribution in [1.82, 2.24) is 10.2 Å². The molecular formula is C20H34N4O2. The first-order valence-corrected chi connectivity index (χ1v) is 9.32. The molecule has 0 amide bonds. The Morgan fingerprint density at radius 2 is 2.04 bits per heavy atom. The molecule has 0 radical (unpaired) electrons. The van der Waals surface area contributed by atoms with E-state index in [9.17, 15) is 0 Å². The molecule has 0 spiro atoms. The summed E-state index contributed by atoms with van der Waals surface area (Å²) in [6.45, 7) is 3.67. The van der Waals surface area contributed by atoms with Crippen LogP contribution in [0.2, 0.25) is 0 Å². The third-order valence-corrected chi connectivity index (χ3v) is 5.49. The maximum atomic E-state index is 6.12. The van der Waals surface area contributed by atoms with E-state index < -0.39 is 0 Å². The second kappa shape index (κ2) is 9.12. The molecular weight excluding hydrogens is 328 g/mol. The van der Waals surface area contributed by atoms with Gasteiger partial charge in [-0.05, 0) is 50.6 Å². The van der Waals surface area contributed by atoms with Crippen LogP contribution in [0.5, 0.6) is 11.5 Å². The average molecular weight is 363 g/mol. The normalized spacial score (nSPS) is 23.8. The molecule has 0 aromatic heterocycles. The summed E-state index contributed by atoms with van der Waals surface area (Å²) in [6.07, 6.45) is 4.97. The zero-order valence-corrected chi connectivity index (χ0v) is 16.8. The Bertz CT molecular complexity index is 618. The fraction of sp³-hybridized carbons (Fsp3) is 0.650. The molecule has 0 bridgehead atoms. The number of guanidine groups is 1. The van der Waals surface area contributed by atoms with Gasteiger partial charge in [-0.25, -0.2) is 4.99 Å². The summed E-state index contributed by atoms with van der Waals surface area (Å²) in [4.78, 5) is 6.83. The van der Waals surface area contributed by atoms with Gasteiger partial charge in [-0.15, -0.1) is 0 Å². The summed E-state index contributed by atoms with van der Waals surface area (Å²) in [7, 11) is 7.59. The highest BCUT2D eigenvalue weighted by Crippen LogP contribution is 2.35. The van der Waals surface area contributed by atoms with Crippen LogP contribution in [0.4, 0.5) is 0 Å². The third kappa shape index (κ3) is 5.04. The molecule has 146 valence electrons. The van der Waals surface area contributed by atoms with Crippen molar-refractivity contribution in [3.8, 4) is 11.5 Å². The Morgan fingerprint density at radius 1 is 1.31 bits per heavy atom. The van der Waals surface area contributed by atoms with Gasteiger partial charge in [-0.3, -0.25) is 0 Å². The van der Waals surface area contributed by atoms with E-state index in [0.29, 0.717) is 24.0 Å². The molecule has 0 aliphatic heterocycles. The molecule has 1 aromatic rings. The number of ether oxygens (including phenoxy) is 2. The molecule has 6 heteroatoms. The number of likely N-dealkylation sites (N-methyl/N-ethyl adjacent to an activating group) is 1. The standard InChI is InChI=1S/C20H34N4O2/c1-15-7-6-10-20(12-15,24(2)3)14-23-19(21)22-13-16-8-9-17(25-4)18(11-16)26-5/h8-9,11,15H,6-7,10,12-14H2,1-5H3,(H3,21,22,23). The van der Waals surface area contributed by atoms with Gasteiger partial charge in [0.15, 0.2) is 17.5 Å². The predicted molar refractivity (Wildman–Crippen MR) is 107 cm³/mol. The zero-order valence-electron chi connectivity index (χ0n) is 16.8. The van der Waals surface area contributed by atoms with Crippen molar-refractivity contribution in [3.05, 3.63) is 23.8 Å². The number of nitrogens with zero attached hydrogens (tertiary/aromatic N) is 2. The molecule has 1 saturated carbocycles. The second-order valence-electron chi connectivity index (χ2n) is 7.56. The molecule has 1 aliphatic carbocycles. The molecule has 0 heterocycles. The van der Waals surface area contributed by atoms with Crippen LogP contribution >= 0.6 is 0 Å². The van der Waals surface area contributed by atoms with Crippen molar-refractivity contribution in [2.24, 2.45) is 16.6 Å². The number of aliphatic imine (C=N–C) groups is 1. The van der Waals surface area contributed by atoms with E-state index in [4.69, 9.17) is 15.2 Å².